The summed E-state index contributed by atoms with van der Waals surface area (Å²) < 4.78 is 2.02. The minimum Gasteiger partial charge on any atom is -0.385 e. The lowest BCUT2D eigenvalue weighted by Crippen LogP contribution is -1.95. The Balaban J connectivity index is 2.48. The monoisotopic (exact) mass is 138 g/mol. The molecule has 0 aromatic carbocycles. The number of aliphatic hydroxyl groups is 1. The number of hydrogen-bond donors (Lipinski definition) is 1. The Kier molecular flexibility index (Phi) is 1.08. The first-order chi connectivity index (χ1) is 4.79. The van der Waals surface area contributed by atoms with Crippen molar-refractivity contribution < 1.29 is 5.11 Å². The van der Waals surface area contributed by atoms with Crippen LogP contribution in [0.15, 0.2) is 12.4 Å². The lowest BCUT2D eigenvalue weighted by atomic mass is 10.2. The van der Waals surface area contributed by atoms with E-state index in [1.807, 2.05) is 10.8 Å². The van der Waals surface area contributed by atoms with Gasteiger partial charge < -0.3 is 9.67 Å². The van der Waals surface area contributed by atoms with Gasteiger partial charge >= 0.3 is 0 Å². The molecule has 2 rings (SSSR count). The average molecular weight is 138 g/mol. The van der Waals surface area contributed by atoms with E-state index in [1.165, 1.54) is 0 Å². The van der Waals surface area contributed by atoms with Gasteiger partial charge in [-0.1, -0.05) is 0 Å². The SMILES string of the molecule is C[C@H]1C[C@H](O)c2nccn21. The maximum Gasteiger partial charge on any atom is 0.137 e. The summed E-state index contributed by atoms with van der Waals surface area (Å²) in [7, 11) is 0. The van der Waals surface area contributed by atoms with Crippen LogP contribution in [0.3, 0.4) is 0 Å². The van der Waals surface area contributed by atoms with Crippen LogP contribution in [0.4, 0.5) is 0 Å². The van der Waals surface area contributed by atoms with Gasteiger partial charge in [-0.25, -0.2) is 4.98 Å². The smallest absolute Gasteiger partial charge is 0.137 e. The minimum atomic E-state index is -0.343. The molecule has 1 N–H and O–H groups in total. The van der Waals surface area contributed by atoms with E-state index >= 15 is 0 Å². The molecule has 3 nitrogen and oxygen atoms in total. The zero-order valence-electron chi connectivity index (χ0n) is 5.86. The highest BCUT2D eigenvalue weighted by Crippen LogP contribution is 2.31. The first-order valence-electron chi connectivity index (χ1n) is 3.50. The standard InChI is InChI=1S/C7H10N2O/c1-5-4-6(10)7-8-2-3-9(5)7/h2-3,5-6,10H,4H2,1H3/t5-,6-/m0/s1. The molecule has 1 aliphatic heterocycles. The second-order valence-electron chi connectivity index (χ2n) is 2.79. The molecule has 10 heavy (non-hydrogen) atoms. The molecule has 54 valence electrons. The lowest BCUT2D eigenvalue weighted by molar-refractivity contribution is 0.170. The third-order valence-electron chi connectivity index (χ3n) is 2.04. The van der Waals surface area contributed by atoms with Gasteiger partial charge in [0, 0.05) is 24.9 Å². The zero-order valence-corrected chi connectivity index (χ0v) is 5.86. The third kappa shape index (κ3) is 0.609. The molecule has 3 heteroatoms. The lowest BCUT2D eigenvalue weighted by Gasteiger charge is -2.01. The second-order valence-corrected chi connectivity index (χ2v) is 2.79. The summed E-state index contributed by atoms with van der Waals surface area (Å²) in [5.41, 5.74) is 0. The fourth-order valence-electron chi connectivity index (χ4n) is 1.50. The fourth-order valence-corrected chi connectivity index (χ4v) is 1.50. The summed E-state index contributed by atoms with van der Waals surface area (Å²) in [6, 6.07) is 0.410. The number of aromatic nitrogens is 2. The first kappa shape index (κ1) is 5.92. The molecule has 0 saturated heterocycles. The Morgan fingerprint density at radius 3 is 3.30 bits per heavy atom. The Hall–Kier alpha value is -0.830. The van der Waals surface area contributed by atoms with Crippen LogP contribution in [0.25, 0.3) is 0 Å². The van der Waals surface area contributed by atoms with Crippen LogP contribution in [-0.4, -0.2) is 14.7 Å². The number of hydrogen-bond acceptors (Lipinski definition) is 2. The molecular formula is C7H10N2O. The van der Waals surface area contributed by atoms with E-state index in [0.29, 0.717) is 6.04 Å². The quantitative estimate of drug-likeness (QED) is 0.578. The van der Waals surface area contributed by atoms with Crippen molar-refractivity contribution >= 4 is 0 Å². The molecular weight excluding hydrogens is 128 g/mol. The predicted octanol–water partition coefficient (Wildman–Crippen LogP) is 0.881. The van der Waals surface area contributed by atoms with E-state index in [-0.39, 0.29) is 6.10 Å². The van der Waals surface area contributed by atoms with E-state index in [9.17, 15) is 5.11 Å². The molecule has 0 radical (unpaired) electrons. The van der Waals surface area contributed by atoms with Crippen LogP contribution < -0.4 is 0 Å². The fraction of sp³-hybridized carbons (Fsp3) is 0.571. The van der Waals surface area contributed by atoms with Crippen molar-refractivity contribution in [1.29, 1.82) is 0 Å². The van der Waals surface area contributed by atoms with Crippen LogP contribution in [0.2, 0.25) is 0 Å². The number of imidazole rings is 1. The third-order valence-corrected chi connectivity index (χ3v) is 2.04. The van der Waals surface area contributed by atoms with Crippen LogP contribution in [-0.2, 0) is 0 Å². The minimum absolute atomic E-state index is 0.343. The van der Waals surface area contributed by atoms with E-state index < -0.39 is 0 Å². The predicted molar refractivity (Wildman–Crippen MR) is 36.5 cm³/mol. The van der Waals surface area contributed by atoms with Crippen LogP contribution in [0, 0.1) is 0 Å². The highest BCUT2D eigenvalue weighted by atomic mass is 16.3. The summed E-state index contributed by atoms with van der Waals surface area (Å²) in [4.78, 5) is 4.04. The van der Waals surface area contributed by atoms with E-state index in [0.717, 1.165) is 12.2 Å². The highest BCUT2D eigenvalue weighted by Gasteiger charge is 2.26. The van der Waals surface area contributed by atoms with Crippen molar-refractivity contribution in [1.82, 2.24) is 9.55 Å². The van der Waals surface area contributed by atoms with Gasteiger partial charge in [-0.15, -0.1) is 0 Å². The van der Waals surface area contributed by atoms with Gasteiger partial charge in [0.25, 0.3) is 0 Å². The Labute approximate surface area is 59.3 Å². The molecule has 0 amide bonds. The average Bonchev–Trinajstić information content (AvgIpc) is 2.39. The molecule has 1 aromatic rings. The summed E-state index contributed by atoms with van der Waals surface area (Å²) >= 11 is 0. The molecule has 0 bridgehead atoms. The van der Waals surface area contributed by atoms with E-state index in [1.54, 1.807) is 6.20 Å². The van der Waals surface area contributed by atoms with Crippen molar-refractivity contribution in [3.8, 4) is 0 Å². The maximum absolute atomic E-state index is 9.36. The normalized spacial score (nSPS) is 30.6. The van der Waals surface area contributed by atoms with Gasteiger partial charge in [0.1, 0.15) is 11.9 Å². The first-order valence-corrected chi connectivity index (χ1v) is 3.50. The van der Waals surface area contributed by atoms with Gasteiger partial charge in [-0.2, -0.15) is 0 Å². The molecule has 1 aromatic heterocycles. The molecule has 0 unspecified atom stereocenters. The summed E-state index contributed by atoms with van der Waals surface area (Å²) in [6.07, 6.45) is 4.11. The summed E-state index contributed by atoms with van der Waals surface area (Å²) in [5.74, 6) is 0.813. The van der Waals surface area contributed by atoms with Crippen molar-refractivity contribution in [2.45, 2.75) is 25.5 Å². The highest BCUT2D eigenvalue weighted by molar-refractivity contribution is 5.04. The van der Waals surface area contributed by atoms with Crippen LogP contribution in [0.1, 0.15) is 31.3 Å². The van der Waals surface area contributed by atoms with Crippen molar-refractivity contribution in [2.24, 2.45) is 0 Å². The number of nitrogens with zero attached hydrogens (tertiary/aromatic N) is 2. The van der Waals surface area contributed by atoms with Gasteiger partial charge in [-0.3, -0.25) is 0 Å². The largest absolute Gasteiger partial charge is 0.385 e. The molecule has 0 spiro atoms. The number of aliphatic hydroxyl groups excluding tert-OH is 1. The second kappa shape index (κ2) is 1.83. The van der Waals surface area contributed by atoms with Crippen molar-refractivity contribution in [3.05, 3.63) is 18.2 Å². The summed E-state index contributed by atoms with van der Waals surface area (Å²) in [5, 5.41) is 9.36. The molecule has 0 saturated carbocycles. The molecule has 1 aliphatic rings. The van der Waals surface area contributed by atoms with Gasteiger partial charge in [0.2, 0.25) is 0 Å². The molecule has 0 aliphatic carbocycles. The van der Waals surface area contributed by atoms with E-state index in [4.69, 9.17) is 0 Å². The summed E-state index contributed by atoms with van der Waals surface area (Å²) in [6.45, 7) is 2.08. The Morgan fingerprint density at radius 2 is 2.60 bits per heavy atom. The van der Waals surface area contributed by atoms with E-state index in [2.05, 4.69) is 11.9 Å². The zero-order chi connectivity index (χ0) is 7.14. The molecule has 2 heterocycles. The maximum atomic E-state index is 9.36. The molecule has 0 fully saturated rings. The number of fused-ring (bicyclic) bond motifs is 1. The van der Waals surface area contributed by atoms with Crippen LogP contribution in [0.5, 0.6) is 0 Å². The van der Waals surface area contributed by atoms with Gasteiger partial charge in [-0.05, 0) is 6.92 Å². The Morgan fingerprint density at radius 1 is 1.80 bits per heavy atom. The van der Waals surface area contributed by atoms with Crippen molar-refractivity contribution in [3.63, 3.8) is 0 Å². The molecule has 2 atom stereocenters. The number of rotatable bonds is 0. The van der Waals surface area contributed by atoms with Crippen LogP contribution >= 0.6 is 0 Å². The van der Waals surface area contributed by atoms with Gasteiger partial charge in [0.15, 0.2) is 0 Å². The topological polar surface area (TPSA) is 38.1 Å². The van der Waals surface area contributed by atoms with Gasteiger partial charge in [0.05, 0.1) is 0 Å². The van der Waals surface area contributed by atoms with Crippen molar-refractivity contribution in [2.75, 3.05) is 0 Å². The Bertz CT molecular complexity index is 221.